The van der Waals surface area contributed by atoms with E-state index in [2.05, 4.69) is 39.9 Å². The molecule has 98 valence electrons. The molecule has 0 aromatic rings. The quantitative estimate of drug-likeness (QED) is 0.555. The van der Waals surface area contributed by atoms with Gasteiger partial charge in [0.25, 0.3) is 0 Å². The zero-order valence-electron chi connectivity index (χ0n) is 11.9. The van der Waals surface area contributed by atoms with Crippen molar-refractivity contribution in [2.24, 2.45) is 0 Å². The molecule has 0 heterocycles. The molecule has 0 radical (unpaired) electrons. The van der Waals surface area contributed by atoms with E-state index in [-0.39, 0.29) is 17.2 Å². The predicted molar refractivity (Wildman–Crippen MR) is 76.2 cm³/mol. The molecule has 0 saturated carbocycles. The first-order chi connectivity index (χ1) is 7.64. The van der Waals surface area contributed by atoms with Crippen LogP contribution in [0.3, 0.4) is 0 Å². The molecule has 1 rings (SSSR count). The van der Waals surface area contributed by atoms with Crippen molar-refractivity contribution in [2.75, 3.05) is 0 Å². The van der Waals surface area contributed by atoms with E-state index >= 15 is 0 Å². The SMILES string of the molecule is CB=O.CC(C)(C)[Si](C)(C)O[C@@H]1C=C[C@H]([NH-])C1. The summed E-state index contributed by atoms with van der Waals surface area (Å²) in [5.41, 5.74) is 7.57. The van der Waals surface area contributed by atoms with Gasteiger partial charge in [0, 0.05) is 0 Å². The Bertz CT molecular complexity index is 274. The third kappa shape index (κ3) is 5.75. The van der Waals surface area contributed by atoms with E-state index in [0.717, 1.165) is 13.6 Å². The molecule has 0 spiro atoms. The molecule has 5 heteroatoms. The minimum atomic E-state index is -1.63. The van der Waals surface area contributed by atoms with Gasteiger partial charge in [-0.1, -0.05) is 26.8 Å². The second-order valence-corrected chi connectivity index (χ2v) is 10.6. The molecule has 0 amide bonds. The molecule has 1 aliphatic carbocycles. The number of rotatable bonds is 2. The van der Waals surface area contributed by atoms with E-state index in [1.165, 1.54) is 6.82 Å². The molecule has 2 atom stereocenters. The van der Waals surface area contributed by atoms with E-state index in [4.69, 9.17) is 14.9 Å². The van der Waals surface area contributed by atoms with Crippen molar-refractivity contribution in [3.63, 3.8) is 0 Å². The van der Waals surface area contributed by atoms with Gasteiger partial charge in [-0.3, -0.25) is 0 Å². The number of hydrogen-bond donors (Lipinski definition) is 0. The first kappa shape index (κ1) is 16.7. The molecule has 1 N–H and O–H groups in total. The van der Waals surface area contributed by atoms with Gasteiger partial charge in [-0.2, -0.15) is 0 Å². The van der Waals surface area contributed by atoms with Crippen molar-refractivity contribution in [3.8, 4) is 0 Å². The summed E-state index contributed by atoms with van der Waals surface area (Å²) in [4.78, 5) is 0. The van der Waals surface area contributed by atoms with E-state index in [9.17, 15) is 0 Å². The Morgan fingerprint density at radius 3 is 2.12 bits per heavy atom. The van der Waals surface area contributed by atoms with Crippen LogP contribution in [-0.2, 0) is 9.13 Å². The van der Waals surface area contributed by atoms with Crippen LogP contribution in [0.15, 0.2) is 12.2 Å². The summed E-state index contributed by atoms with van der Waals surface area (Å²) >= 11 is 0. The van der Waals surface area contributed by atoms with Gasteiger partial charge in [-0.15, -0.1) is 12.1 Å². The van der Waals surface area contributed by atoms with Crippen molar-refractivity contribution in [1.82, 2.24) is 0 Å². The van der Waals surface area contributed by atoms with E-state index in [1.807, 2.05) is 6.08 Å². The number of hydrogen-bond acceptors (Lipinski definition) is 2. The summed E-state index contributed by atoms with van der Waals surface area (Å²) in [7, 11) is -0.884. The van der Waals surface area contributed by atoms with Crippen LogP contribution in [0.2, 0.25) is 25.0 Å². The fourth-order valence-corrected chi connectivity index (χ4v) is 2.59. The molecule has 0 saturated heterocycles. The molecule has 0 aliphatic heterocycles. The maximum absolute atomic E-state index is 8.81. The summed E-state index contributed by atoms with van der Waals surface area (Å²) in [6.07, 6.45) is 5.03. The molecule has 0 fully saturated rings. The standard InChI is InChI=1S/C11H22NOSi.CH3BO/c1-11(2,3)14(4,5)13-10-7-6-9(12)8-10;1-2-3/h6-7,9-10,12H,8H2,1-5H3;1H3/q-1;/t9-,10+;/m0./s1. The van der Waals surface area contributed by atoms with E-state index in [0.29, 0.717) is 0 Å². The Hall–Kier alpha value is -0.258. The monoisotopic (exact) mass is 254 g/mol. The van der Waals surface area contributed by atoms with Crippen molar-refractivity contribution in [2.45, 2.75) is 64.3 Å². The first-order valence-electron chi connectivity index (χ1n) is 6.11. The van der Waals surface area contributed by atoms with Gasteiger partial charge < -0.3 is 10.2 Å². The van der Waals surface area contributed by atoms with Crippen LogP contribution in [-0.4, -0.2) is 27.6 Å². The van der Waals surface area contributed by atoms with Gasteiger partial charge in [0.2, 0.25) is 0 Å². The molecular formula is C12H25BNO2Si-. The molecule has 0 aromatic carbocycles. The summed E-state index contributed by atoms with van der Waals surface area (Å²) in [5, 5.41) is 0.265. The van der Waals surface area contributed by atoms with Gasteiger partial charge in [0.05, 0.1) is 6.10 Å². The van der Waals surface area contributed by atoms with Crippen molar-refractivity contribution >= 4 is 15.5 Å². The Balaban J connectivity index is 0.000000770. The normalized spacial score (nSPS) is 23.9. The van der Waals surface area contributed by atoms with Crippen LogP contribution in [0, 0.1) is 0 Å². The zero-order chi connectivity index (χ0) is 13.7. The third-order valence-electron chi connectivity index (χ3n) is 3.30. The largest absolute Gasteiger partial charge is 0.671 e. The van der Waals surface area contributed by atoms with Gasteiger partial charge in [0.15, 0.2) is 8.32 Å². The van der Waals surface area contributed by atoms with E-state index in [1.54, 1.807) is 0 Å². The van der Waals surface area contributed by atoms with Crippen molar-refractivity contribution in [3.05, 3.63) is 17.9 Å². The molecule has 0 aromatic heterocycles. The average molecular weight is 254 g/mol. The fourth-order valence-electron chi connectivity index (χ4n) is 1.31. The molecular weight excluding hydrogens is 229 g/mol. The van der Waals surface area contributed by atoms with Crippen LogP contribution >= 0.6 is 0 Å². The molecule has 0 bridgehead atoms. The Morgan fingerprint density at radius 1 is 1.35 bits per heavy atom. The minimum Gasteiger partial charge on any atom is -0.671 e. The Kier molecular flexibility index (Phi) is 6.51. The van der Waals surface area contributed by atoms with Crippen LogP contribution in [0.5, 0.6) is 0 Å². The van der Waals surface area contributed by atoms with Crippen LogP contribution in [0.1, 0.15) is 27.2 Å². The number of nitrogens with one attached hydrogen (secondary N) is 1. The zero-order valence-corrected chi connectivity index (χ0v) is 12.9. The summed E-state index contributed by atoms with van der Waals surface area (Å²) < 4.78 is 15.0. The molecule has 1 aliphatic rings. The smallest absolute Gasteiger partial charge is 0.192 e. The Labute approximate surface area is 107 Å². The van der Waals surface area contributed by atoms with Gasteiger partial charge in [-0.25, -0.2) is 0 Å². The van der Waals surface area contributed by atoms with Gasteiger partial charge in [-0.05, 0) is 24.6 Å². The van der Waals surface area contributed by atoms with Gasteiger partial charge >= 0.3 is 18.7 Å². The topological polar surface area (TPSA) is 50.1 Å². The Morgan fingerprint density at radius 2 is 1.82 bits per heavy atom. The van der Waals surface area contributed by atoms with Gasteiger partial charge in [0.1, 0.15) is 0 Å². The predicted octanol–water partition coefficient (Wildman–Crippen LogP) is 3.84. The van der Waals surface area contributed by atoms with Crippen LogP contribution in [0.25, 0.3) is 5.73 Å². The first-order valence-corrected chi connectivity index (χ1v) is 9.02. The average Bonchev–Trinajstić information content (AvgIpc) is 2.49. The molecule has 0 unspecified atom stereocenters. The fraction of sp³-hybridized carbons (Fsp3) is 0.833. The summed E-state index contributed by atoms with van der Waals surface area (Å²) in [6, 6.07) is -0.0511. The van der Waals surface area contributed by atoms with Crippen LogP contribution < -0.4 is 0 Å². The summed E-state index contributed by atoms with van der Waals surface area (Å²) in [6.45, 7) is 12.7. The summed E-state index contributed by atoms with van der Waals surface area (Å²) in [5.74, 6) is 0. The minimum absolute atomic E-state index is 0.0511. The van der Waals surface area contributed by atoms with Crippen LogP contribution in [0.4, 0.5) is 0 Å². The maximum Gasteiger partial charge on any atom is 0.192 e. The third-order valence-corrected chi connectivity index (χ3v) is 7.80. The second kappa shape index (κ2) is 6.61. The van der Waals surface area contributed by atoms with E-state index < -0.39 is 8.32 Å². The molecule has 3 nitrogen and oxygen atoms in total. The van der Waals surface area contributed by atoms with Crippen molar-refractivity contribution < 1.29 is 9.13 Å². The second-order valence-electron chi connectivity index (χ2n) is 5.88. The molecule has 17 heavy (non-hydrogen) atoms. The maximum atomic E-state index is 8.81. The van der Waals surface area contributed by atoms with Crippen molar-refractivity contribution in [1.29, 1.82) is 0 Å².